The highest BCUT2D eigenvalue weighted by atomic mass is 16.2. The van der Waals surface area contributed by atoms with Crippen LogP contribution in [0.2, 0.25) is 0 Å². The Morgan fingerprint density at radius 2 is 2.00 bits per heavy atom. The monoisotopic (exact) mass is 222 g/mol. The molecule has 1 aliphatic heterocycles. The molecule has 1 amide bonds. The number of carbonyl (C=O) groups is 1. The maximum atomic E-state index is 12.2. The van der Waals surface area contributed by atoms with Gasteiger partial charge in [-0.15, -0.1) is 0 Å². The summed E-state index contributed by atoms with van der Waals surface area (Å²) in [5, 5.41) is 2.86. The largest absolute Gasteiger partial charge is 0.358 e. The normalized spacial score (nSPS) is 31.3. The Labute approximate surface area is 97.9 Å². The maximum absolute atomic E-state index is 12.2. The van der Waals surface area contributed by atoms with Crippen molar-refractivity contribution in [3.05, 3.63) is 12.2 Å². The molecule has 1 N–H and O–H groups in total. The summed E-state index contributed by atoms with van der Waals surface area (Å²) in [6.45, 7) is 2.17. The highest BCUT2D eigenvalue weighted by Gasteiger charge is 2.43. The molecule has 1 fully saturated rings. The molecule has 16 heavy (non-hydrogen) atoms. The number of carbonyl (C=O) groups excluding carboxylic acids is 1. The number of rotatable bonds is 2. The number of nitrogens with zero attached hydrogens (tertiary/aromatic N) is 1. The van der Waals surface area contributed by atoms with E-state index in [9.17, 15) is 4.79 Å². The summed E-state index contributed by atoms with van der Waals surface area (Å²) in [6, 6.07) is 0. The predicted molar refractivity (Wildman–Crippen MR) is 65.2 cm³/mol. The van der Waals surface area contributed by atoms with Crippen LogP contribution in [0.25, 0.3) is 0 Å². The van der Waals surface area contributed by atoms with Crippen LogP contribution in [0.3, 0.4) is 0 Å². The summed E-state index contributed by atoms with van der Waals surface area (Å²) in [4.78, 5) is 14.6. The third-order valence-corrected chi connectivity index (χ3v) is 3.96. The Morgan fingerprint density at radius 3 is 2.56 bits per heavy atom. The van der Waals surface area contributed by atoms with E-state index in [0.717, 1.165) is 32.4 Å². The molecule has 0 bridgehead atoms. The number of amides is 1. The zero-order valence-corrected chi connectivity index (χ0v) is 10.2. The molecular formula is C13H22N2O. The van der Waals surface area contributed by atoms with Gasteiger partial charge >= 0.3 is 0 Å². The summed E-state index contributed by atoms with van der Waals surface area (Å²) in [5.41, 5.74) is -0.246. The fourth-order valence-electron chi connectivity index (χ4n) is 3.01. The van der Waals surface area contributed by atoms with Gasteiger partial charge in [0.1, 0.15) is 5.54 Å². The number of hydrogen-bond acceptors (Lipinski definition) is 2. The van der Waals surface area contributed by atoms with Gasteiger partial charge in [0.05, 0.1) is 0 Å². The number of likely N-dealkylation sites (N-methyl/N-ethyl adjacent to an activating group) is 1. The van der Waals surface area contributed by atoms with Gasteiger partial charge in [-0.3, -0.25) is 9.69 Å². The molecule has 0 spiro atoms. The van der Waals surface area contributed by atoms with Crippen molar-refractivity contribution in [1.82, 2.24) is 10.2 Å². The van der Waals surface area contributed by atoms with Crippen molar-refractivity contribution in [3.8, 4) is 0 Å². The predicted octanol–water partition coefficient (Wildman–Crippen LogP) is 1.70. The molecule has 0 aromatic rings. The lowest BCUT2D eigenvalue weighted by Crippen LogP contribution is -2.59. The minimum Gasteiger partial charge on any atom is -0.358 e. The van der Waals surface area contributed by atoms with Crippen molar-refractivity contribution in [3.63, 3.8) is 0 Å². The maximum Gasteiger partial charge on any atom is 0.240 e. The smallest absolute Gasteiger partial charge is 0.240 e. The lowest BCUT2D eigenvalue weighted by molar-refractivity contribution is -0.134. The summed E-state index contributed by atoms with van der Waals surface area (Å²) >= 11 is 0. The van der Waals surface area contributed by atoms with Gasteiger partial charge in [-0.2, -0.15) is 0 Å². The molecule has 0 saturated carbocycles. The van der Waals surface area contributed by atoms with Crippen LogP contribution in [-0.2, 0) is 4.79 Å². The van der Waals surface area contributed by atoms with Crippen molar-refractivity contribution in [1.29, 1.82) is 0 Å². The van der Waals surface area contributed by atoms with E-state index in [-0.39, 0.29) is 11.4 Å². The first-order chi connectivity index (χ1) is 7.79. The fraction of sp³-hybridized carbons (Fsp3) is 0.769. The van der Waals surface area contributed by atoms with Crippen LogP contribution in [0.4, 0.5) is 0 Å². The van der Waals surface area contributed by atoms with Gasteiger partial charge in [0.25, 0.3) is 0 Å². The lowest BCUT2D eigenvalue weighted by atomic mass is 9.82. The molecular weight excluding hydrogens is 200 g/mol. The van der Waals surface area contributed by atoms with Gasteiger partial charge in [-0.25, -0.2) is 0 Å². The van der Waals surface area contributed by atoms with Crippen LogP contribution in [0, 0.1) is 0 Å². The van der Waals surface area contributed by atoms with Crippen LogP contribution >= 0.6 is 0 Å². The molecule has 3 nitrogen and oxygen atoms in total. The Bertz CT molecular complexity index is 282. The van der Waals surface area contributed by atoms with Crippen molar-refractivity contribution in [2.75, 3.05) is 20.1 Å². The van der Waals surface area contributed by atoms with Gasteiger partial charge in [0.2, 0.25) is 5.91 Å². The first kappa shape index (κ1) is 11.6. The lowest BCUT2D eigenvalue weighted by Gasteiger charge is -2.45. The highest BCUT2D eigenvalue weighted by molar-refractivity contribution is 5.86. The molecule has 1 aliphatic carbocycles. The number of piperidine rings is 1. The molecule has 0 radical (unpaired) electrons. The minimum absolute atomic E-state index is 0.207. The Kier molecular flexibility index (Phi) is 3.64. The zero-order valence-electron chi connectivity index (χ0n) is 10.2. The third-order valence-electron chi connectivity index (χ3n) is 3.96. The first-order valence-electron chi connectivity index (χ1n) is 6.42. The number of nitrogens with one attached hydrogen (secondary N) is 1. The van der Waals surface area contributed by atoms with E-state index in [1.807, 2.05) is 0 Å². The SMILES string of the molecule is CNC(=O)[C@@]1(N2CCCCC2)CC=CCC1. The average Bonchev–Trinajstić information content (AvgIpc) is 2.39. The quantitative estimate of drug-likeness (QED) is 0.721. The summed E-state index contributed by atoms with van der Waals surface area (Å²) in [7, 11) is 1.76. The van der Waals surface area contributed by atoms with Gasteiger partial charge in [0.15, 0.2) is 0 Å². The molecule has 0 aromatic heterocycles. The van der Waals surface area contributed by atoms with Gasteiger partial charge in [-0.1, -0.05) is 18.6 Å². The van der Waals surface area contributed by atoms with Crippen molar-refractivity contribution < 1.29 is 4.79 Å². The number of allylic oxidation sites excluding steroid dienone is 1. The molecule has 1 heterocycles. The molecule has 1 atom stereocenters. The van der Waals surface area contributed by atoms with E-state index >= 15 is 0 Å². The van der Waals surface area contributed by atoms with Gasteiger partial charge in [-0.05, 0) is 45.2 Å². The van der Waals surface area contributed by atoms with E-state index < -0.39 is 0 Å². The van der Waals surface area contributed by atoms with Crippen molar-refractivity contribution in [2.45, 2.75) is 44.1 Å². The summed E-state index contributed by atoms with van der Waals surface area (Å²) < 4.78 is 0. The van der Waals surface area contributed by atoms with E-state index in [2.05, 4.69) is 22.4 Å². The van der Waals surface area contributed by atoms with Crippen LogP contribution in [-0.4, -0.2) is 36.5 Å². The van der Waals surface area contributed by atoms with Gasteiger partial charge < -0.3 is 5.32 Å². The van der Waals surface area contributed by atoms with E-state index in [1.165, 1.54) is 19.3 Å². The van der Waals surface area contributed by atoms with Crippen molar-refractivity contribution in [2.24, 2.45) is 0 Å². The molecule has 0 unspecified atom stereocenters. The Morgan fingerprint density at radius 1 is 1.25 bits per heavy atom. The van der Waals surface area contributed by atoms with E-state index in [1.54, 1.807) is 7.05 Å². The first-order valence-corrected chi connectivity index (χ1v) is 6.42. The molecule has 1 saturated heterocycles. The molecule has 3 heteroatoms. The molecule has 2 aliphatic rings. The van der Waals surface area contributed by atoms with Gasteiger partial charge in [0, 0.05) is 7.05 Å². The van der Waals surface area contributed by atoms with Crippen LogP contribution in [0.1, 0.15) is 38.5 Å². The van der Waals surface area contributed by atoms with Crippen LogP contribution < -0.4 is 5.32 Å². The standard InChI is InChI=1S/C13H22N2O/c1-14-12(16)13(8-4-2-5-9-13)15-10-6-3-7-11-15/h2,4H,3,5-11H2,1H3,(H,14,16)/t13-/m1/s1. The topological polar surface area (TPSA) is 32.3 Å². The fourth-order valence-corrected chi connectivity index (χ4v) is 3.01. The zero-order chi connectivity index (χ0) is 11.4. The molecule has 2 rings (SSSR count). The Balaban J connectivity index is 2.18. The number of likely N-dealkylation sites (tertiary alicyclic amines) is 1. The third kappa shape index (κ3) is 2.01. The minimum atomic E-state index is -0.246. The summed E-state index contributed by atoms with van der Waals surface area (Å²) in [5.74, 6) is 0.207. The second-order valence-corrected chi connectivity index (χ2v) is 4.87. The highest BCUT2D eigenvalue weighted by Crippen LogP contribution is 2.32. The number of hydrogen-bond donors (Lipinski definition) is 1. The van der Waals surface area contributed by atoms with Crippen LogP contribution in [0.15, 0.2) is 12.2 Å². The summed E-state index contributed by atoms with van der Waals surface area (Å²) in [6.07, 6.45) is 11.1. The molecule has 90 valence electrons. The average molecular weight is 222 g/mol. The molecule has 0 aromatic carbocycles. The van der Waals surface area contributed by atoms with E-state index in [4.69, 9.17) is 0 Å². The van der Waals surface area contributed by atoms with Crippen LogP contribution in [0.5, 0.6) is 0 Å². The second kappa shape index (κ2) is 5.00. The Hall–Kier alpha value is -0.830. The van der Waals surface area contributed by atoms with Crippen molar-refractivity contribution >= 4 is 5.91 Å². The second-order valence-electron chi connectivity index (χ2n) is 4.87. The van der Waals surface area contributed by atoms with E-state index in [0.29, 0.717) is 0 Å².